The highest BCUT2D eigenvalue weighted by molar-refractivity contribution is 9.10. The monoisotopic (exact) mass is 456 g/mol. The maximum Gasteiger partial charge on any atom is 0.225 e. The number of nitrogens with zero attached hydrogens (tertiary/aromatic N) is 4. The number of benzene rings is 1. The molecule has 0 aliphatic heterocycles. The average Bonchev–Trinajstić information content (AvgIpc) is 3.26. The third kappa shape index (κ3) is 7.19. The number of hydrogen-bond acceptors (Lipinski definition) is 5. The molecule has 0 saturated heterocycles. The van der Waals surface area contributed by atoms with E-state index in [2.05, 4.69) is 63.5 Å². The van der Waals surface area contributed by atoms with E-state index in [4.69, 9.17) is 5.41 Å². The fourth-order valence-electron chi connectivity index (χ4n) is 2.80. The first kappa shape index (κ1) is 20.8. The number of H-pyrrole nitrogens is 1. The van der Waals surface area contributed by atoms with Crippen molar-refractivity contribution in [3.05, 3.63) is 71.0 Å². The van der Waals surface area contributed by atoms with E-state index >= 15 is 0 Å². The van der Waals surface area contributed by atoms with Gasteiger partial charge in [0.2, 0.25) is 5.95 Å². The second kappa shape index (κ2) is 11.2. The molecular weight excluding hydrogens is 432 g/mol. The molecular formula is C20H25BrN8. The topological polar surface area (TPSA) is 106 Å². The van der Waals surface area contributed by atoms with E-state index in [1.54, 1.807) is 18.7 Å². The van der Waals surface area contributed by atoms with Gasteiger partial charge in [-0.2, -0.15) is 0 Å². The maximum atomic E-state index is 7.97. The molecule has 0 spiro atoms. The third-order valence-electron chi connectivity index (χ3n) is 4.27. The van der Waals surface area contributed by atoms with Gasteiger partial charge in [0.15, 0.2) is 5.96 Å². The van der Waals surface area contributed by atoms with Gasteiger partial charge in [-0.3, -0.25) is 5.41 Å². The molecule has 9 heteroatoms. The van der Waals surface area contributed by atoms with Crippen molar-refractivity contribution in [3.8, 4) is 0 Å². The lowest BCUT2D eigenvalue weighted by atomic mass is 10.2. The lowest BCUT2D eigenvalue weighted by Gasteiger charge is -2.23. The van der Waals surface area contributed by atoms with Gasteiger partial charge in [0, 0.05) is 55.7 Å². The number of aromatic amines is 1. The number of anilines is 1. The molecule has 2 heterocycles. The minimum Gasteiger partial charge on any atom is -0.357 e. The lowest BCUT2D eigenvalue weighted by molar-refractivity contribution is 0.681. The average molecular weight is 457 g/mol. The highest BCUT2D eigenvalue weighted by atomic mass is 79.9. The summed E-state index contributed by atoms with van der Waals surface area (Å²) in [6.45, 7) is 2.88. The van der Waals surface area contributed by atoms with Gasteiger partial charge in [-0.05, 0) is 30.2 Å². The number of nitrogens with one attached hydrogen (secondary N) is 4. The zero-order chi connectivity index (χ0) is 20.3. The molecule has 152 valence electrons. The highest BCUT2D eigenvalue weighted by Crippen LogP contribution is 2.15. The van der Waals surface area contributed by atoms with Crippen molar-refractivity contribution in [2.24, 2.45) is 0 Å². The summed E-state index contributed by atoms with van der Waals surface area (Å²) in [5.41, 5.74) is 2.18. The maximum absolute atomic E-state index is 7.97. The zero-order valence-electron chi connectivity index (χ0n) is 16.1. The first-order chi connectivity index (χ1) is 14.2. The van der Waals surface area contributed by atoms with Crippen LogP contribution in [0.3, 0.4) is 0 Å². The largest absolute Gasteiger partial charge is 0.357 e. The van der Waals surface area contributed by atoms with Gasteiger partial charge in [-0.15, -0.1) is 0 Å². The van der Waals surface area contributed by atoms with Gasteiger partial charge in [0.1, 0.15) is 0 Å². The van der Waals surface area contributed by atoms with Gasteiger partial charge in [-0.1, -0.05) is 28.1 Å². The smallest absolute Gasteiger partial charge is 0.225 e. The standard InChI is InChI=1S/C20H25BrN8/c21-17-5-3-16(4-6-17)14-29(20-26-8-1-9-27-20)12-2-10-24-19(22)25-11-7-18-13-23-15-28-18/h1,3-6,8-9,13,15H,2,7,10-12,14H2,(H,23,28)(H3,22,24,25). The molecule has 3 rings (SSSR count). The zero-order valence-corrected chi connectivity index (χ0v) is 17.7. The summed E-state index contributed by atoms with van der Waals surface area (Å²) in [5, 5.41) is 14.1. The summed E-state index contributed by atoms with van der Waals surface area (Å²) in [7, 11) is 0. The number of rotatable bonds is 10. The van der Waals surface area contributed by atoms with E-state index < -0.39 is 0 Å². The van der Waals surface area contributed by atoms with Crippen LogP contribution >= 0.6 is 15.9 Å². The van der Waals surface area contributed by atoms with Crippen LogP contribution in [-0.2, 0) is 13.0 Å². The summed E-state index contributed by atoms with van der Waals surface area (Å²) in [4.78, 5) is 18.0. The molecule has 1 aromatic carbocycles. The molecule has 0 atom stereocenters. The molecule has 0 amide bonds. The molecule has 0 radical (unpaired) electrons. The minimum absolute atomic E-state index is 0.330. The Bertz CT molecular complexity index is 852. The van der Waals surface area contributed by atoms with Crippen LogP contribution in [0.5, 0.6) is 0 Å². The molecule has 0 unspecified atom stereocenters. The Kier molecular flexibility index (Phi) is 8.00. The highest BCUT2D eigenvalue weighted by Gasteiger charge is 2.10. The van der Waals surface area contributed by atoms with Crippen LogP contribution < -0.4 is 15.5 Å². The van der Waals surface area contributed by atoms with Gasteiger partial charge in [0.05, 0.1) is 12.0 Å². The van der Waals surface area contributed by atoms with Crippen molar-refractivity contribution in [1.82, 2.24) is 30.6 Å². The number of aromatic nitrogens is 4. The Morgan fingerprint density at radius 1 is 1.07 bits per heavy atom. The van der Waals surface area contributed by atoms with E-state index in [0.29, 0.717) is 25.0 Å². The fraction of sp³-hybridized carbons (Fsp3) is 0.300. The van der Waals surface area contributed by atoms with E-state index in [0.717, 1.165) is 36.1 Å². The van der Waals surface area contributed by atoms with Crippen LogP contribution in [0.4, 0.5) is 5.95 Å². The molecule has 0 saturated carbocycles. The van der Waals surface area contributed by atoms with Crippen molar-refractivity contribution in [3.63, 3.8) is 0 Å². The van der Waals surface area contributed by atoms with E-state index in [9.17, 15) is 0 Å². The Balaban J connectivity index is 1.43. The second-order valence-electron chi connectivity index (χ2n) is 6.49. The second-order valence-corrected chi connectivity index (χ2v) is 7.41. The van der Waals surface area contributed by atoms with Crippen LogP contribution in [0, 0.1) is 5.41 Å². The van der Waals surface area contributed by atoms with Crippen molar-refractivity contribution in [2.45, 2.75) is 19.4 Å². The molecule has 2 aromatic heterocycles. The van der Waals surface area contributed by atoms with Gasteiger partial charge < -0.3 is 20.5 Å². The summed E-state index contributed by atoms with van der Waals surface area (Å²) in [6, 6.07) is 10.1. The van der Waals surface area contributed by atoms with E-state index in [1.807, 2.05) is 24.4 Å². The summed E-state index contributed by atoms with van der Waals surface area (Å²) in [5.74, 6) is 1.04. The summed E-state index contributed by atoms with van der Waals surface area (Å²) in [6.07, 6.45) is 8.68. The molecule has 4 N–H and O–H groups in total. The normalized spacial score (nSPS) is 10.5. The quantitative estimate of drug-likeness (QED) is 0.212. The molecule has 0 aliphatic carbocycles. The Morgan fingerprint density at radius 3 is 2.55 bits per heavy atom. The van der Waals surface area contributed by atoms with E-state index in [-0.39, 0.29) is 0 Å². The minimum atomic E-state index is 0.330. The number of hydrogen-bond donors (Lipinski definition) is 4. The Morgan fingerprint density at radius 2 is 1.83 bits per heavy atom. The van der Waals surface area contributed by atoms with Gasteiger partial charge in [0.25, 0.3) is 0 Å². The van der Waals surface area contributed by atoms with E-state index in [1.165, 1.54) is 5.56 Å². The molecule has 0 bridgehead atoms. The van der Waals surface area contributed by atoms with Crippen LogP contribution in [-0.4, -0.2) is 45.5 Å². The fourth-order valence-corrected chi connectivity index (χ4v) is 3.07. The molecule has 0 aliphatic rings. The predicted octanol–water partition coefficient (Wildman–Crippen LogP) is 2.72. The summed E-state index contributed by atoms with van der Waals surface area (Å²) < 4.78 is 1.06. The van der Waals surface area contributed by atoms with Crippen LogP contribution in [0.2, 0.25) is 0 Å². The van der Waals surface area contributed by atoms with Crippen molar-refractivity contribution in [2.75, 3.05) is 24.5 Å². The Hall–Kier alpha value is -2.94. The third-order valence-corrected chi connectivity index (χ3v) is 4.79. The van der Waals surface area contributed by atoms with Crippen molar-refractivity contribution < 1.29 is 0 Å². The molecule has 8 nitrogen and oxygen atoms in total. The Labute approximate surface area is 178 Å². The van der Waals surface area contributed by atoms with Crippen LogP contribution in [0.25, 0.3) is 0 Å². The molecule has 0 fully saturated rings. The SMILES string of the molecule is N=C(NCCCN(Cc1ccc(Br)cc1)c1ncccn1)NCCc1c[nH]cn1. The molecule has 3 aromatic rings. The van der Waals surface area contributed by atoms with Crippen LogP contribution in [0.1, 0.15) is 17.7 Å². The number of guanidine groups is 1. The van der Waals surface area contributed by atoms with Crippen LogP contribution in [0.15, 0.2) is 59.7 Å². The number of halogens is 1. The van der Waals surface area contributed by atoms with Crippen molar-refractivity contribution in [1.29, 1.82) is 5.41 Å². The lowest BCUT2D eigenvalue weighted by Crippen LogP contribution is -2.39. The summed E-state index contributed by atoms with van der Waals surface area (Å²) >= 11 is 3.47. The van der Waals surface area contributed by atoms with Gasteiger partial charge in [-0.25, -0.2) is 15.0 Å². The van der Waals surface area contributed by atoms with Gasteiger partial charge >= 0.3 is 0 Å². The predicted molar refractivity (Wildman–Crippen MR) is 118 cm³/mol. The number of imidazole rings is 1. The first-order valence-electron chi connectivity index (χ1n) is 9.51. The molecule has 29 heavy (non-hydrogen) atoms. The first-order valence-corrected chi connectivity index (χ1v) is 10.3. The van der Waals surface area contributed by atoms with Crippen molar-refractivity contribution >= 4 is 27.8 Å².